The number of fused-ring (bicyclic) bond motifs is 2. The molecule has 4 heteroatoms. The topological polar surface area (TPSA) is 38.3 Å². The van der Waals surface area contributed by atoms with Crippen LogP contribution in [-0.4, -0.2) is 12.7 Å². The number of rotatable bonds is 3. The van der Waals surface area contributed by atoms with Crippen molar-refractivity contribution in [2.45, 2.75) is 12.8 Å². The lowest BCUT2D eigenvalue weighted by Crippen LogP contribution is -2.21. The Kier molecular flexibility index (Phi) is 3.23. The number of para-hydroxylation sites is 1. The van der Waals surface area contributed by atoms with Crippen molar-refractivity contribution < 1.29 is 13.9 Å². The van der Waals surface area contributed by atoms with Crippen LogP contribution in [0.25, 0.3) is 0 Å². The van der Waals surface area contributed by atoms with E-state index in [1.165, 1.54) is 18.6 Å². The molecule has 0 aromatic heterocycles. The minimum absolute atomic E-state index is 0.153. The van der Waals surface area contributed by atoms with E-state index in [0.717, 1.165) is 6.42 Å². The molecule has 2 aliphatic carbocycles. The predicted molar refractivity (Wildman–Crippen MR) is 70.2 cm³/mol. The second-order valence-corrected chi connectivity index (χ2v) is 5.24. The lowest BCUT2D eigenvalue weighted by Gasteiger charge is -2.17. The molecule has 0 heterocycles. The molecule has 2 bridgehead atoms. The van der Waals surface area contributed by atoms with Crippen molar-refractivity contribution in [1.82, 2.24) is 0 Å². The van der Waals surface area contributed by atoms with Gasteiger partial charge in [-0.1, -0.05) is 24.3 Å². The summed E-state index contributed by atoms with van der Waals surface area (Å²) in [5, 5.41) is 2.42. The van der Waals surface area contributed by atoms with E-state index < -0.39 is 11.9 Å². The number of benzene rings is 1. The van der Waals surface area contributed by atoms with Crippen LogP contribution in [-0.2, 0) is 4.74 Å². The number of halogens is 1. The van der Waals surface area contributed by atoms with Gasteiger partial charge in [0.05, 0.1) is 12.3 Å². The van der Waals surface area contributed by atoms with Gasteiger partial charge in [0.1, 0.15) is 5.82 Å². The number of amides is 1. The lowest BCUT2D eigenvalue weighted by molar-refractivity contribution is 0.133. The summed E-state index contributed by atoms with van der Waals surface area (Å²) in [6.45, 7) is 0.409. The molecular formula is C15H16FNO2. The van der Waals surface area contributed by atoms with E-state index in [4.69, 9.17) is 4.74 Å². The van der Waals surface area contributed by atoms with Crippen molar-refractivity contribution in [2.24, 2.45) is 17.8 Å². The fourth-order valence-corrected chi connectivity index (χ4v) is 2.98. The van der Waals surface area contributed by atoms with Crippen LogP contribution in [0.5, 0.6) is 0 Å². The van der Waals surface area contributed by atoms with E-state index in [9.17, 15) is 9.18 Å². The second-order valence-electron chi connectivity index (χ2n) is 5.24. The first-order valence-electron chi connectivity index (χ1n) is 6.59. The Morgan fingerprint density at radius 1 is 1.32 bits per heavy atom. The summed E-state index contributed by atoms with van der Waals surface area (Å²) in [5.74, 6) is 1.17. The highest BCUT2D eigenvalue weighted by molar-refractivity contribution is 5.84. The van der Waals surface area contributed by atoms with Gasteiger partial charge in [-0.15, -0.1) is 0 Å². The molecule has 3 nitrogen and oxygen atoms in total. The first-order chi connectivity index (χ1) is 9.22. The van der Waals surface area contributed by atoms with E-state index in [1.54, 1.807) is 12.1 Å². The Hall–Kier alpha value is -1.84. The van der Waals surface area contributed by atoms with Crippen LogP contribution in [0.4, 0.5) is 14.9 Å². The quantitative estimate of drug-likeness (QED) is 0.844. The highest BCUT2D eigenvalue weighted by Gasteiger charge is 2.36. The number of allylic oxidation sites excluding steroid dienone is 2. The molecule has 19 heavy (non-hydrogen) atoms. The summed E-state index contributed by atoms with van der Waals surface area (Å²) in [5.41, 5.74) is 0.153. The van der Waals surface area contributed by atoms with Gasteiger partial charge in [-0.05, 0) is 36.8 Å². The van der Waals surface area contributed by atoms with Crippen LogP contribution < -0.4 is 5.32 Å². The van der Waals surface area contributed by atoms with Crippen molar-refractivity contribution in [3.8, 4) is 0 Å². The standard InChI is InChI=1S/C15H16FNO2/c16-13-3-1-2-4-14(13)17-15(18)19-9-12-8-10-5-6-11(12)7-10/h1-6,10-12H,7-9H2,(H,17,18)/t10-,11-,12-/m0/s1. The van der Waals surface area contributed by atoms with Crippen molar-refractivity contribution in [3.05, 3.63) is 42.2 Å². The molecule has 0 unspecified atom stereocenters. The highest BCUT2D eigenvalue weighted by atomic mass is 19.1. The maximum Gasteiger partial charge on any atom is 0.411 e. The molecule has 1 amide bonds. The lowest BCUT2D eigenvalue weighted by atomic mass is 9.95. The van der Waals surface area contributed by atoms with Gasteiger partial charge in [-0.25, -0.2) is 9.18 Å². The molecule has 3 rings (SSSR count). The van der Waals surface area contributed by atoms with Gasteiger partial charge in [-0.3, -0.25) is 5.32 Å². The summed E-state index contributed by atoms with van der Waals surface area (Å²) < 4.78 is 18.5. The number of nitrogens with one attached hydrogen (secondary N) is 1. The largest absolute Gasteiger partial charge is 0.449 e. The molecule has 0 aliphatic heterocycles. The minimum atomic E-state index is -0.586. The van der Waals surface area contributed by atoms with Crippen LogP contribution >= 0.6 is 0 Å². The maximum absolute atomic E-state index is 13.3. The van der Waals surface area contributed by atoms with Gasteiger partial charge in [0, 0.05) is 5.92 Å². The third kappa shape index (κ3) is 2.62. The molecule has 100 valence electrons. The van der Waals surface area contributed by atoms with E-state index >= 15 is 0 Å². The molecule has 1 saturated carbocycles. The summed E-state index contributed by atoms with van der Waals surface area (Å²) in [6, 6.07) is 6.06. The van der Waals surface area contributed by atoms with E-state index in [-0.39, 0.29) is 5.69 Å². The normalized spacial score (nSPS) is 27.5. The van der Waals surface area contributed by atoms with Crippen LogP contribution in [0, 0.1) is 23.6 Å². The third-order valence-electron chi connectivity index (χ3n) is 3.96. The molecular weight excluding hydrogens is 245 g/mol. The van der Waals surface area contributed by atoms with E-state index in [1.807, 2.05) is 0 Å². The number of anilines is 1. The summed E-state index contributed by atoms with van der Waals surface area (Å²) in [6.07, 6.45) is 6.16. The van der Waals surface area contributed by atoms with Gasteiger partial charge in [0.25, 0.3) is 0 Å². The van der Waals surface area contributed by atoms with Gasteiger partial charge in [0.15, 0.2) is 0 Å². The molecule has 0 radical (unpaired) electrons. The molecule has 1 fully saturated rings. The van der Waals surface area contributed by atoms with Gasteiger partial charge in [0.2, 0.25) is 0 Å². The van der Waals surface area contributed by atoms with Crippen molar-refractivity contribution in [2.75, 3.05) is 11.9 Å². The summed E-state index contributed by atoms with van der Waals surface area (Å²) in [7, 11) is 0. The Morgan fingerprint density at radius 2 is 2.16 bits per heavy atom. The summed E-state index contributed by atoms with van der Waals surface area (Å²) in [4.78, 5) is 11.6. The van der Waals surface area contributed by atoms with Crippen molar-refractivity contribution in [1.29, 1.82) is 0 Å². The Morgan fingerprint density at radius 3 is 2.84 bits per heavy atom. The SMILES string of the molecule is O=C(Nc1ccccc1F)OC[C@@H]1C[C@H]2C=C[C@H]1C2. The highest BCUT2D eigenvalue weighted by Crippen LogP contribution is 2.43. The number of hydrogen-bond acceptors (Lipinski definition) is 2. The van der Waals surface area contributed by atoms with Crippen molar-refractivity contribution >= 4 is 11.8 Å². The summed E-state index contributed by atoms with van der Waals surface area (Å²) >= 11 is 0. The second kappa shape index (κ2) is 5.03. The van der Waals surface area contributed by atoms with Gasteiger partial charge in [-0.2, -0.15) is 0 Å². The fourth-order valence-electron chi connectivity index (χ4n) is 2.98. The number of hydrogen-bond donors (Lipinski definition) is 1. The predicted octanol–water partition coefficient (Wildman–Crippen LogP) is 3.59. The Labute approximate surface area is 111 Å². The zero-order chi connectivity index (χ0) is 13.2. The zero-order valence-corrected chi connectivity index (χ0v) is 10.5. The third-order valence-corrected chi connectivity index (χ3v) is 3.96. The van der Waals surface area contributed by atoms with E-state index in [2.05, 4.69) is 17.5 Å². The number of ether oxygens (including phenoxy) is 1. The van der Waals surface area contributed by atoms with Gasteiger partial charge >= 0.3 is 6.09 Å². The van der Waals surface area contributed by atoms with Crippen LogP contribution in [0.1, 0.15) is 12.8 Å². The average Bonchev–Trinajstić information content (AvgIpc) is 3.01. The van der Waals surface area contributed by atoms with Crippen LogP contribution in [0.2, 0.25) is 0 Å². The molecule has 2 aliphatic rings. The zero-order valence-electron chi connectivity index (χ0n) is 10.5. The monoisotopic (exact) mass is 261 g/mol. The molecule has 1 aromatic carbocycles. The van der Waals surface area contributed by atoms with Crippen LogP contribution in [0.3, 0.4) is 0 Å². The molecule has 1 aromatic rings. The number of carbonyl (C=O) groups excluding carboxylic acids is 1. The average molecular weight is 261 g/mol. The fraction of sp³-hybridized carbons (Fsp3) is 0.400. The molecule has 3 atom stereocenters. The first kappa shape index (κ1) is 12.2. The maximum atomic E-state index is 13.3. The molecule has 1 N–H and O–H groups in total. The molecule has 0 spiro atoms. The van der Waals surface area contributed by atoms with E-state index in [0.29, 0.717) is 24.4 Å². The minimum Gasteiger partial charge on any atom is -0.449 e. The van der Waals surface area contributed by atoms with Crippen molar-refractivity contribution in [3.63, 3.8) is 0 Å². The Bertz CT molecular complexity index is 515. The Balaban J connectivity index is 1.50. The number of carbonyl (C=O) groups is 1. The van der Waals surface area contributed by atoms with Gasteiger partial charge < -0.3 is 4.74 Å². The first-order valence-corrected chi connectivity index (χ1v) is 6.59. The van der Waals surface area contributed by atoms with Crippen LogP contribution in [0.15, 0.2) is 36.4 Å². The molecule has 0 saturated heterocycles. The smallest absolute Gasteiger partial charge is 0.411 e.